The average molecular weight is 377 g/mol. The highest BCUT2D eigenvalue weighted by Gasteiger charge is 2.32. The smallest absolute Gasteiger partial charge is 0.278 e. The van der Waals surface area contributed by atoms with Crippen molar-refractivity contribution in [1.82, 2.24) is 10.2 Å². The zero-order valence-corrected chi connectivity index (χ0v) is 13.9. The van der Waals surface area contributed by atoms with Gasteiger partial charge in [-0.15, -0.1) is 24.8 Å². The molecule has 6 nitrogen and oxygen atoms in total. The van der Waals surface area contributed by atoms with Crippen LogP contribution in [0, 0.1) is 10.1 Å². The van der Waals surface area contributed by atoms with E-state index in [9.17, 15) is 19.6 Å². The first-order chi connectivity index (χ1) is 9.56. The van der Waals surface area contributed by atoms with Crippen molar-refractivity contribution in [1.29, 1.82) is 0 Å². The van der Waals surface area contributed by atoms with Crippen molar-refractivity contribution in [3.63, 3.8) is 0 Å². The quantitative estimate of drug-likeness (QED) is 0.624. The van der Waals surface area contributed by atoms with Crippen molar-refractivity contribution in [2.24, 2.45) is 0 Å². The topological polar surface area (TPSA) is 78.6 Å². The highest BCUT2D eigenvalue weighted by atomic mass is 35.5. The summed E-state index contributed by atoms with van der Waals surface area (Å²) in [5.74, 6) is -0.415. The van der Waals surface area contributed by atoms with Gasteiger partial charge in [0.2, 0.25) is 0 Å². The SMILES string of the molecule is Cl.Cl.O=[N+]([O-])c1ccc(Cl)c(O)c1[C@H](CF)N1CCNCC1. The van der Waals surface area contributed by atoms with Crippen LogP contribution in [0.3, 0.4) is 0 Å². The van der Waals surface area contributed by atoms with Gasteiger partial charge in [-0.05, 0) is 6.07 Å². The van der Waals surface area contributed by atoms with Crippen LogP contribution in [0.2, 0.25) is 5.02 Å². The molecular formula is C12H17Cl3FN3O3. The van der Waals surface area contributed by atoms with Crippen LogP contribution in [-0.4, -0.2) is 47.8 Å². The number of phenols is 1. The molecule has 2 rings (SSSR count). The molecule has 1 saturated heterocycles. The van der Waals surface area contributed by atoms with Crippen molar-refractivity contribution in [3.8, 4) is 5.75 Å². The van der Waals surface area contributed by atoms with Crippen molar-refractivity contribution >= 4 is 42.1 Å². The summed E-state index contributed by atoms with van der Waals surface area (Å²) in [5, 5.41) is 24.2. The average Bonchev–Trinajstić information content (AvgIpc) is 2.45. The fourth-order valence-electron chi connectivity index (χ4n) is 2.41. The van der Waals surface area contributed by atoms with E-state index in [2.05, 4.69) is 5.32 Å². The lowest BCUT2D eigenvalue weighted by atomic mass is 10.0. The molecule has 1 aromatic carbocycles. The number of phenolic OH excluding ortho intramolecular Hbond substituents is 1. The van der Waals surface area contributed by atoms with E-state index < -0.39 is 23.4 Å². The Morgan fingerprint density at radius 3 is 2.50 bits per heavy atom. The number of rotatable bonds is 4. The van der Waals surface area contributed by atoms with Gasteiger partial charge in [0, 0.05) is 32.2 Å². The fourth-order valence-corrected chi connectivity index (χ4v) is 2.57. The molecular weight excluding hydrogens is 360 g/mol. The Hall–Kier alpha value is -0.860. The third-order valence-corrected chi connectivity index (χ3v) is 3.72. The van der Waals surface area contributed by atoms with Gasteiger partial charge in [0.25, 0.3) is 5.69 Å². The number of nitro benzene ring substituents is 1. The summed E-state index contributed by atoms with van der Waals surface area (Å²) >= 11 is 5.80. The van der Waals surface area contributed by atoms with E-state index in [0.29, 0.717) is 26.2 Å². The number of alkyl halides is 1. The summed E-state index contributed by atoms with van der Waals surface area (Å²) in [5.41, 5.74) is -0.361. The van der Waals surface area contributed by atoms with Gasteiger partial charge < -0.3 is 10.4 Å². The summed E-state index contributed by atoms with van der Waals surface area (Å²) in [6.07, 6.45) is 0. The van der Waals surface area contributed by atoms with Crippen LogP contribution in [0.15, 0.2) is 12.1 Å². The third-order valence-electron chi connectivity index (χ3n) is 3.41. The van der Waals surface area contributed by atoms with Crippen LogP contribution in [0.1, 0.15) is 11.6 Å². The van der Waals surface area contributed by atoms with E-state index in [4.69, 9.17) is 11.6 Å². The molecule has 0 amide bonds. The monoisotopic (exact) mass is 375 g/mol. The first-order valence-electron chi connectivity index (χ1n) is 6.22. The summed E-state index contributed by atoms with van der Waals surface area (Å²) in [7, 11) is 0. The maximum absolute atomic E-state index is 13.4. The molecule has 0 radical (unpaired) electrons. The Bertz CT molecular complexity index is 516. The van der Waals surface area contributed by atoms with E-state index in [-0.39, 0.29) is 41.1 Å². The molecule has 10 heteroatoms. The molecule has 0 saturated carbocycles. The normalized spacial score (nSPS) is 16.3. The summed E-state index contributed by atoms with van der Waals surface area (Å²) in [6.45, 7) is 1.63. The Labute approximate surface area is 144 Å². The van der Waals surface area contributed by atoms with Crippen LogP contribution >= 0.6 is 36.4 Å². The molecule has 2 N–H and O–H groups in total. The Kier molecular flexibility index (Phi) is 8.95. The molecule has 0 spiro atoms. The number of hydrogen-bond donors (Lipinski definition) is 2. The maximum Gasteiger partial charge on any atom is 0.278 e. The Morgan fingerprint density at radius 2 is 2.00 bits per heavy atom. The van der Waals surface area contributed by atoms with Crippen LogP contribution in [0.5, 0.6) is 5.75 Å². The molecule has 0 aliphatic carbocycles. The van der Waals surface area contributed by atoms with Crippen LogP contribution in [0.4, 0.5) is 10.1 Å². The fraction of sp³-hybridized carbons (Fsp3) is 0.500. The molecule has 1 fully saturated rings. The minimum absolute atomic E-state index is 0. The number of halogens is 4. The summed E-state index contributed by atoms with van der Waals surface area (Å²) in [6, 6.07) is 1.57. The number of nitro groups is 1. The van der Waals surface area contributed by atoms with Gasteiger partial charge in [-0.1, -0.05) is 11.6 Å². The Morgan fingerprint density at radius 1 is 1.41 bits per heavy atom. The second-order valence-corrected chi connectivity index (χ2v) is 4.95. The third kappa shape index (κ3) is 4.33. The molecule has 1 aliphatic rings. The largest absolute Gasteiger partial charge is 0.506 e. The lowest BCUT2D eigenvalue weighted by molar-refractivity contribution is -0.386. The van der Waals surface area contributed by atoms with E-state index in [0.717, 1.165) is 0 Å². The van der Waals surface area contributed by atoms with Crippen molar-refractivity contribution in [3.05, 3.63) is 32.8 Å². The first-order valence-corrected chi connectivity index (χ1v) is 6.60. The summed E-state index contributed by atoms with van der Waals surface area (Å²) in [4.78, 5) is 12.2. The molecule has 1 aromatic rings. The minimum atomic E-state index is -0.865. The molecule has 1 atom stereocenters. The second kappa shape index (κ2) is 9.32. The predicted molar refractivity (Wildman–Crippen MR) is 87.4 cm³/mol. The standard InChI is InChI=1S/C12H15ClFN3O3.2ClH/c13-8-1-2-9(17(19)20)11(12(8)18)10(7-14)16-5-3-15-4-6-16;;/h1-2,10,15,18H,3-7H2;2*1H/t10-;;/m0../s1. The number of nitrogens with zero attached hydrogens (tertiary/aromatic N) is 2. The zero-order valence-electron chi connectivity index (χ0n) is 11.5. The molecule has 0 bridgehead atoms. The van der Waals surface area contributed by atoms with Gasteiger partial charge >= 0.3 is 0 Å². The van der Waals surface area contributed by atoms with E-state index >= 15 is 0 Å². The molecule has 126 valence electrons. The van der Waals surface area contributed by atoms with Crippen LogP contribution < -0.4 is 5.32 Å². The highest BCUT2D eigenvalue weighted by Crippen LogP contribution is 2.40. The van der Waals surface area contributed by atoms with E-state index in [1.165, 1.54) is 12.1 Å². The number of piperazine rings is 1. The molecule has 1 aliphatic heterocycles. The van der Waals surface area contributed by atoms with Crippen molar-refractivity contribution in [2.45, 2.75) is 6.04 Å². The van der Waals surface area contributed by atoms with Crippen molar-refractivity contribution < 1.29 is 14.4 Å². The highest BCUT2D eigenvalue weighted by molar-refractivity contribution is 6.32. The van der Waals surface area contributed by atoms with Gasteiger partial charge in [-0.2, -0.15) is 0 Å². The number of nitrogens with one attached hydrogen (secondary N) is 1. The molecule has 22 heavy (non-hydrogen) atoms. The van der Waals surface area contributed by atoms with Gasteiger partial charge in [-0.3, -0.25) is 15.0 Å². The lowest BCUT2D eigenvalue weighted by Gasteiger charge is -2.33. The number of hydrogen-bond acceptors (Lipinski definition) is 5. The summed E-state index contributed by atoms with van der Waals surface area (Å²) < 4.78 is 13.4. The van der Waals surface area contributed by atoms with Gasteiger partial charge in [0.05, 0.1) is 21.6 Å². The van der Waals surface area contributed by atoms with E-state index in [1.54, 1.807) is 4.90 Å². The zero-order chi connectivity index (χ0) is 14.7. The maximum atomic E-state index is 13.4. The van der Waals surface area contributed by atoms with Crippen molar-refractivity contribution in [2.75, 3.05) is 32.9 Å². The molecule has 0 unspecified atom stereocenters. The Balaban J connectivity index is 0.00000220. The van der Waals surface area contributed by atoms with Crippen LogP contribution in [0.25, 0.3) is 0 Å². The van der Waals surface area contributed by atoms with Gasteiger partial charge in [0.1, 0.15) is 12.4 Å². The van der Waals surface area contributed by atoms with Crippen LogP contribution in [-0.2, 0) is 0 Å². The van der Waals surface area contributed by atoms with Gasteiger partial charge in [-0.25, -0.2) is 4.39 Å². The molecule has 0 aromatic heterocycles. The van der Waals surface area contributed by atoms with E-state index in [1.807, 2.05) is 0 Å². The molecule has 1 heterocycles. The number of benzene rings is 1. The minimum Gasteiger partial charge on any atom is -0.506 e. The lowest BCUT2D eigenvalue weighted by Crippen LogP contribution is -2.45. The van der Waals surface area contributed by atoms with Gasteiger partial charge in [0.15, 0.2) is 0 Å². The first kappa shape index (κ1) is 21.1. The second-order valence-electron chi connectivity index (χ2n) is 4.54. The predicted octanol–water partition coefficient (Wildman–Crippen LogP) is 2.71. The number of aromatic hydroxyl groups is 1.